The van der Waals surface area contributed by atoms with Crippen molar-refractivity contribution in [2.45, 2.75) is 44.9 Å². The van der Waals surface area contributed by atoms with E-state index in [1.54, 1.807) is 6.92 Å². The summed E-state index contributed by atoms with van der Waals surface area (Å²) in [4.78, 5) is 41.1. The van der Waals surface area contributed by atoms with Gasteiger partial charge in [-0.1, -0.05) is 17.8 Å². The molecule has 0 bridgehead atoms. The zero-order valence-corrected chi connectivity index (χ0v) is 16.6. The van der Waals surface area contributed by atoms with E-state index in [0.717, 1.165) is 16.7 Å². The third kappa shape index (κ3) is 5.75. The summed E-state index contributed by atoms with van der Waals surface area (Å²) in [7, 11) is 0. The van der Waals surface area contributed by atoms with Crippen LogP contribution in [0.25, 0.3) is 0 Å². The summed E-state index contributed by atoms with van der Waals surface area (Å²) < 4.78 is 5.52. The average molecular weight is 393 g/mol. The largest absolute Gasteiger partial charge is 0.416 e. The standard InChI is InChI=1S/C17H23N5O4S/c1-6-7-22-14(24)11(10(2)18-15(22)25)8-13-20-21-16(26-13)27-9-12(23)19-17(3,4)5/h6,11H,1,7-9H2,2-5H3,(H,19,23). The van der Waals surface area contributed by atoms with Crippen molar-refractivity contribution in [2.75, 3.05) is 12.3 Å². The van der Waals surface area contributed by atoms with E-state index in [0.29, 0.717) is 5.71 Å². The molecule has 1 atom stereocenters. The van der Waals surface area contributed by atoms with E-state index in [9.17, 15) is 14.4 Å². The third-order valence-electron chi connectivity index (χ3n) is 3.55. The fraction of sp³-hybridized carbons (Fsp3) is 0.529. The van der Waals surface area contributed by atoms with Crippen LogP contribution in [0.3, 0.4) is 0 Å². The highest BCUT2D eigenvalue weighted by Gasteiger charge is 2.36. The highest BCUT2D eigenvalue weighted by atomic mass is 32.2. The molecule has 27 heavy (non-hydrogen) atoms. The highest BCUT2D eigenvalue weighted by molar-refractivity contribution is 7.99. The Kier molecular flexibility index (Phi) is 6.53. The summed E-state index contributed by atoms with van der Waals surface area (Å²) in [5.41, 5.74) is 0.0900. The molecule has 0 radical (unpaired) electrons. The minimum Gasteiger partial charge on any atom is -0.416 e. The summed E-state index contributed by atoms with van der Waals surface area (Å²) in [6.07, 6.45) is 1.60. The molecule has 9 nitrogen and oxygen atoms in total. The van der Waals surface area contributed by atoms with Gasteiger partial charge < -0.3 is 9.73 Å². The predicted octanol–water partition coefficient (Wildman–Crippen LogP) is 1.84. The average Bonchev–Trinajstić information content (AvgIpc) is 2.99. The van der Waals surface area contributed by atoms with Crippen molar-refractivity contribution in [1.29, 1.82) is 0 Å². The second kappa shape index (κ2) is 8.47. The molecule has 0 aliphatic carbocycles. The molecule has 1 aromatic heterocycles. The molecule has 1 N–H and O–H groups in total. The number of imide groups is 1. The van der Waals surface area contributed by atoms with Crippen molar-refractivity contribution in [1.82, 2.24) is 20.4 Å². The first-order chi connectivity index (χ1) is 12.6. The lowest BCUT2D eigenvalue weighted by Gasteiger charge is -2.27. The van der Waals surface area contributed by atoms with Gasteiger partial charge in [-0.25, -0.2) is 9.79 Å². The number of nitrogens with one attached hydrogen (secondary N) is 1. The molecular weight excluding hydrogens is 370 g/mol. The van der Waals surface area contributed by atoms with Gasteiger partial charge in [0.2, 0.25) is 17.7 Å². The van der Waals surface area contributed by atoms with E-state index in [4.69, 9.17) is 4.42 Å². The van der Waals surface area contributed by atoms with E-state index in [2.05, 4.69) is 27.1 Å². The lowest BCUT2D eigenvalue weighted by molar-refractivity contribution is -0.130. The molecule has 0 spiro atoms. The van der Waals surface area contributed by atoms with Crippen LogP contribution >= 0.6 is 11.8 Å². The second-order valence-corrected chi connectivity index (χ2v) is 8.01. The third-order valence-corrected chi connectivity index (χ3v) is 4.37. The Labute approximate surface area is 161 Å². The van der Waals surface area contributed by atoms with Gasteiger partial charge in [0.05, 0.1) is 11.7 Å². The molecule has 1 unspecified atom stereocenters. The Morgan fingerprint density at radius 3 is 2.70 bits per heavy atom. The van der Waals surface area contributed by atoms with Crippen LogP contribution in [-0.4, -0.2) is 56.5 Å². The molecule has 146 valence electrons. The number of carbonyl (C=O) groups excluding carboxylic acids is 3. The number of hydrogen-bond acceptors (Lipinski definition) is 7. The van der Waals surface area contributed by atoms with E-state index in [-0.39, 0.29) is 47.2 Å². The number of rotatable bonds is 7. The first kappa shape index (κ1) is 20.8. The maximum atomic E-state index is 12.5. The maximum Gasteiger partial charge on any atom is 0.350 e. The van der Waals surface area contributed by atoms with Crippen molar-refractivity contribution in [2.24, 2.45) is 10.9 Å². The Morgan fingerprint density at radius 1 is 1.37 bits per heavy atom. The molecular formula is C17H23N5O4S. The van der Waals surface area contributed by atoms with E-state index < -0.39 is 11.9 Å². The van der Waals surface area contributed by atoms with E-state index in [1.165, 1.54) is 6.08 Å². The van der Waals surface area contributed by atoms with Gasteiger partial charge in [0.1, 0.15) is 0 Å². The van der Waals surface area contributed by atoms with Crippen molar-refractivity contribution < 1.29 is 18.8 Å². The number of nitrogens with zero attached hydrogens (tertiary/aromatic N) is 4. The van der Waals surface area contributed by atoms with Crippen molar-refractivity contribution >= 4 is 35.3 Å². The molecule has 10 heteroatoms. The minimum absolute atomic E-state index is 0.0960. The predicted molar refractivity (Wildman–Crippen MR) is 101 cm³/mol. The van der Waals surface area contributed by atoms with Gasteiger partial charge >= 0.3 is 6.03 Å². The molecule has 0 fully saturated rings. The monoisotopic (exact) mass is 393 g/mol. The number of urea groups is 1. The van der Waals surface area contributed by atoms with Gasteiger partial charge in [-0.3, -0.25) is 14.5 Å². The zero-order valence-electron chi connectivity index (χ0n) is 15.8. The number of aromatic nitrogens is 2. The molecule has 0 saturated carbocycles. The van der Waals surface area contributed by atoms with Gasteiger partial charge in [0, 0.05) is 24.2 Å². The number of aliphatic imine (C=N–C) groups is 1. The topological polar surface area (TPSA) is 118 Å². The van der Waals surface area contributed by atoms with Crippen LogP contribution in [0.5, 0.6) is 0 Å². The first-order valence-electron chi connectivity index (χ1n) is 8.38. The molecule has 1 aromatic rings. The van der Waals surface area contributed by atoms with Crippen LogP contribution in [0.1, 0.15) is 33.6 Å². The van der Waals surface area contributed by atoms with Crippen molar-refractivity contribution in [3.8, 4) is 0 Å². The van der Waals surface area contributed by atoms with E-state index in [1.807, 2.05) is 20.8 Å². The summed E-state index contributed by atoms with van der Waals surface area (Å²) in [6.45, 7) is 10.9. The van der Waals surface area contributed by atoms with Crippen molar-refractivity contribution in [3.63, 3.8) is 0 Å². The molecule has 0 saturated heterocycles. The second-order valence-electron chi connectivity index (χ2n) is 7.08. The highest BCUT2D eigenvalue weighted by Crippen LogP contribution is 2.21. The fourth-order valence-electron chi connectivity index (χ4n) is 2.42. The normalized spacial score (nSPS) is 17.7. The van der Waals surface area contributed by atoms with Crippen LogP contribution in [0.2, 0.25) is 0 Å². The number of thioether (sulfide) groups is 1. The molecule has 4 amide bonds. The number of carbonyl (C=O) groups is 3. The van der Waals surface area contributed by atoms with Crippen LogP contribution in [0.4, 0.5) is 4.79 Å². The quantitative estimate of drug-likeness (QED) is 0.555. The van der Waals surface area contributed by atoms with Crippen LogP contribution in [0.15, 0.2) is 27.3 Å². The Balaban J connectivity index is 1.99. The Hall–Kier alpha value is -2.49. The van der Waals surface area contributed by atoms with Crippen LogP contribution in [-0.2, 0) is 16.0 Å². The first-order valence-corrected chi connectivity index (χ1v) is 9.37. The zero-order chi connectivity index (χ0) is 20.2. The fourth-order valence-corrected chi connectivity index (χ4v) is 3.00. The molecule has 0 aromatic carbocycles. The lowest BCUT2D eigenvalue weighted by Crippen LogP contribution is -2.46. The molecule has 1 aliphatic heterocycles. The van der Waals surface area contributed by atoms with Crippen LogP contribution in [0, 0.1) is 5.92 Å². The lowest BCUT2D eigenvalue weighted by atomic mass is 9.97. The molecule has 2 heterocycles. The SMILES string of the molecule is C=CCN1C(=O)N=C(C)C(Cc2nnc(SCC(=O)NC(C)(C)C)o2)C1=O. The smallest absolute Gasteiger partial charge is 0.350 e. The van der Waals surface area contributed by atoms with E-state index >= 15 is 0 Å². The summed E-state index contributed by atoms with van der Waals surface area (Å²) in [6, 6.07) is -0.597. The van der Waals surface area contributed by atoms with Gasteiger partial charge in [-0.05, 0) is 27.7 Å². The Morgan fingerprint density at radius 2 is 2.07 bits per heavy atom. The maximum absolute atomic E-state index is 12.5. The molecule has 2 rings (SSSR count). The summed E-state index contributed by atoms with van der Waals surface area (Å²) in [5, 5.41) is 10.9. The summed E-state index contributed by atoms with van der Waals surface area (Å²) in [5.74, 6) is -0.774. The van der Waals surface area contributed by atoms with Gasteiger partial charge in [0.25, 0.3) is 5.22 Å². The van der Waals surface area contributed by atoms with Gasteiger partial charge in [-0.2, -0.15) is 0 Å². The minimum atomic E-state index is -0.648. The molecule has 1 aliphatic rings. The number of amides is 4. The van der Waals surface area contributed by atoms with Crippen LogP contribution < -0.4 is 5.32 Å². The van der Waals surface area contributed by atoms with Gasteiger partial charge in [0.15, 0.2) is 0 Å². The van der Waals surface area contributed by atoms with Gasteiger partial charge in [-0.15, -0.1) is 16.8 Å². The Bertz CT molecular complexity index is 781. The van der Waals surface area contributed by atoms with Crippen molar-refractivity contribution in [3.05, 3.63) is 18.5 Å². The summed E-state index contributed by atoms with van der Waals surface area (Å²) >= 11 is 1.12. The number of hydrogen-bond donors (Lipinski definition) is 1.